The third kappa shape index (κ3) is 3.06. The highest BCUT2D eigenvalue weighted by atomic mass is 35.5. The molecule has 1 aromatic carbocycles. The molecule has 0 radical (unpaired) electrons. The van der Waals surface area contributed by atoms with Crippen molar-refractivity contribution in [2.75, 3.05) is 13.7 Å². The zero-order valence-corrected chi connectivity index (χ0v) is 13.2. The van der Waals surface area contributed by atoms with Crippen molar-refractivity contribution in [1.29, 1.82) is 0 Å². The van der Waals surface area contributed by atoms with Crippen molar-refractivity contribution in [3.63, 3.8) is 0 Å². The predicted molar refractivity (Wildman–Crippen MR) is 76.9 cm³/mol. The van der Waals surface area contributed by atoms with Gasteiger partial charge < -0.3 is 9.84 Å². The molecule has 21 heavy (non-hydrogen) atoms. The molecule has 0 amide bonds. The predicted octanol–water partition coefficient (Wildman–Crippen LogP) is 1.51. The SMILES string of the molecule is CO[C@@H]1C[C@@H](C(=O)O)N(S(=O)(=O)c2ccc(C)cc2Cl)C1. The summed E-state index contributed by atoms with van der Waals surface area (Å²) in [4.78, 5) is 11.2. The number of nitrogens with zero attached hydrogens (tertiary/aromatic N) is 1. The standard InChI is InChI=1S/C13H16ClNO5S/c1-8-3-4-12(10(14)5-8)21(18,19)15-7-9(20-2)6-11(15)13(16)17/h3-5,9,11H,6-7H2,1-2H3,(H,16,17)/t9-,11+/m1/s1. The van der Waals surface area contributed by atoms with Gasteiger partial charge in [-0.1, -0.05) is 17.7 Å². The van der Waals surface area contributed by atoms with E-state index in [1.165, 1.54) is 19.2 Å². The zero-order valence-electron chi connectivity index (χ0n) is 11.6. The van der Waals surface area contributed by atoms with Crippen LogP contribution in [0.5, 0.6) is 0 Å². The van der Waals surface area contributed by atoms with Crippen LogP contribution >= 0.6 is 11.6 Å². The summed E-state index contributed by atoms with van der Waals surface area (Å²) in [6.45, 7) is 1.79. The highest BCUT2D eigenvalue weighted by molar-refractivity contribution is 7.89. The minimum atomic E-state index is -3.98. The summed E-state index contributed by atoms with van der Waals surface area (Å²) in [5, 5.41) is 9.31. The van der Waals surface area contributed by atoms with Crippen LogP contribution in [0.2, 0.25) is 5.02 Å². The van der Waals surface area contributed by atoms with Gasteiger partial charge in [0.15, 0.2) is 0 Å². The Morgan fingerprint density at radius 1 is 1.48 bits per heavy atom. The molecule has 116 valence electrons. The van der Waals surface area contributed by atoms with Crippen LogP contribution in [0.1, 0.15) is 12.0 Å². The largest absolute Gasteiger partial charge is 0.480 e. The summed E-state index contributed by atoms with van der Waals surface area (Å²) < 4.78 is 31.4. The number of carbonyl (C=O) groups is 1. The van der Waals surface area contributed by atoms with E-state index in [4.69, 9.17) is 16.3 Å². The van der Waals surface area contributed by atoms with E-state index in [-0.39, 0.29) is 22.9 Å². The Kier molecular flexibility index (Phi) is 4.57. The van der Waals surface area contributed by atoms with Crippen LogP contribution in [-0.2, 0) is 19.6 Å². The first-order valence-electron chi connectivity index (χ1n) is 6.31. The fourth-order valence-corrected chi connectivity index (χ4v) is 4.57. The highest BCUT2D eigenvalue weighted by Gasteiger charge is 2.44. The second-order valence-corrected chi connectivity index (χ2v) is 7.22. The Balaban J connectivity index is 2.44. The first-order chi connectivity index (χ1) is 9.77. The number of benzene rings is 1. The molecule has 1 aliphatic heterocycles. The monoisotopic (exact) mass is 333 g/mol. The van der Waals surface area contributed by atoms with Crippen LogP contribution < -0.4 is 0 Å². The molecule has 0 spiro atoms. The number of aliphatic carboxylic acids is 1. The smallest absolute Gasteiger partial charge is 0.322 e. The molecule has 1 heterocycles. The minimum absolute atomic E-state index is 0.00000528. The number of carboxylic acid groups (broad SMARTS) is 1. The normalized spacial score (nSPS) is 23.4. The second kappa shape index (κ2) is 5.92. The van der Waals surface area contributed by atoms with Crippen LogP contribution in [0.4, 0.5) is 0 Å². The van der Waals surface area contributed by atoms with E-state index in [1.54, 1.807) is 13.0 Å². The van der Waals surface area contributed by atoms with Crippen LogP contribution in [0.15, 0.2) is 23.1 Å². The summed E-state index contributed by atoms with van der Waals surface area (Å²) in [7, 11) is -2.55. The van der Waals surface area contributed by atoms with Gasteiger partial charge in [0, 0.05) is 20.1 Å². The van der Waals surface area contributed by atoms with E-state index in [1.807, 2.05) is 0 Å². The zero-order chi connectivity index (χ0) is 15.8. The average molecular weight is 334 g/mol. The van der Waals surface area contributed by atoms with Crippen molar-refractivity contribution in [3.05, 3.63) is 28.8 Å². The van der Waals surface area contributed by atoms with E-state index in [0.29, 0.717) is 0 Å². The molecule has 8 heteroatoms. The molecule has 0 unspecified atom stereocenters. The molecule has 1 N–H and O–H groups in total. The Labute approximate surface area is 128 Å². The summed E-state index contributed by atoms with van der Waals surface area (Å²) in [6, 6.07) is 3.41. The maximum Gasteiger partial charge on any atom is 0.322 e. The van der Waals surface area contributed by atoms with Crippen molar-refractivity contribution in [2.45, 2.75) is 30.4 Å². The minimum Gasteiger partial charge on any atom is -0.480 e. The quantitative estimate of drug-likeness (QED) is 0.903. The van der Waals surface area contributed by atoms with Crippen molar-refractivity contribution in [1.82, 2.24) is 4.31 Å². The molecule has 1 saturated heterocycles. The first-order valence-corrected chi connectivity index (χ1v) is 8.12. The van der Waals surface area contributed by atoms with Gasteiger partial charge in [-0.15, -0.1) is 0 Å². The lowest BCUT2D eigenvalue weighted by atomic mass is 10.2. The number of rotatable bonds is 4. The molecule has 1 aromatic rings. The van der Waals surface area contributed by atoms with Gasteiger partial charge >= 0.3 is 5.97 Å². The van der Waals surface area contributed by atoms with Gasteiger partial charge in [0.25, 0.3) is 0 Å². The van der Waals surface area contributed by atoms with Crippen LogP contribution in [0.25, 0.3) is 0 Å². The number of carboxylic acids is 1. The van der Waals surface area contributed by atoms with Crippen molar-refractivity contribution in [2.24, 2.45) is 0 Å². The van der Waals surface area contributed by atoms with Gasteiger partial charge in [-0.2, -0.15) is 4.31 Å². The van der Waals surface area contributed by atoms with E-state index < -0.39 is 28.1 Å². The number of halogens is 1. The molecule has 6 nitrogen and oxygen atoms in total. The number of ether oxygens (including phenoxy) is 1. The molecule has 1 aliphatic rings. The number of hydrogen-bond donors (Lipinski definition) is 1. The molecule has 0 saturated carbocycles. The number of sulfonamides is 1. The van der Waals surface area contributed by atoms with Gasteiger partial charge in [-0.25, -0.2) is 8.42 Å². The van der Waals surface area contributed by atoms with Crippen molar-refractivity contribution >= 4 is 27.6 Å². The lowest BCUT2D eigenvalue weighted by Gasteiger charge is -2.21. The Morgan fingerprint density at radius 2 is 2.14 bits per heavy atom. The van der Waals surface area contributed by atoms with Gasteiger partial charge in [-0.05, 0) is 24.6 Å². The van der Waals surface area contributed by atoms with Gasteiger partial charge in [-0.3, -0.25) is 4.79 Å². The summed E-state index contributed by atoms with van der Waals surface area (Å²) in [5.41, 5.74) is 0.824. The molecule has 2 atom stereocenters. The Bertz CT molecular complexity index is 661. The van der Waals surface area contributed by atoms with E-state index in [2.05, 4.69) is 0 Å². The Hall–Kier alpha value is -1.15. The number of aryl methyl sites for hydroxylation is 1. The lowest BCUT2D eigenvalue weighted by Crippen LogP contribution is -2.40. The van der Waals surface area contributed by atoms with E-state index in [9.17, 15) is 18.3 Å². The van der Waals surface area contributed by atoms with Gasteiger partial charge in [0.05, 0.1) is 11.1 Å². The molecule has 2 rings (SSSR count). The lowest BCUT2D eigenvalue weighted by molar-refractivity contribution is -0.140. The number of hydrogen-bond acceptors (Lipinski definition) is 4. The van der Waals surface area contributed by atoms with Gasteiger partial charge in [0.2, 0.25) is 10.0 Å². The third-order valence-corrected chi connectivity index (χ3v) is 5.87. The fraction of sp³-hybridized carbons (Fsp3) is 0.462. The molecule has 0 aromatic heterocycles. The summed E-state index contributed by atoms with van der Waals surface area (Å²) in [6.07, 6.45) is -0.320. The van der Waals surface area contributed by atoms with Crippen LogP contribution in [0, 0.1) is 6.92 Å². The van der Waals surface area contributed by atoms with Gasteiger partial charge in [0.1, 0.15) is 10.9 Å². The maximum atomic E-state index is 12.7. The number of methoxy groups -OCH3 is 1. The molecule has 1 fully saturated rings. The molecule has 0 bridgehead atoms. The highest BCUT2D eigenvalue weighted by Crippen LogP contribution is 2.31. The van der Waals surface area contributed by atoms with Crippen LogP contribution in [0.3, 0.4) is 0 Å². The van der Waals surface area contributed by atoms with Crippen molar-refractivity contribution in [3.8, 4) is 0 Å². The van der Waals surface area contributed by atoms with Crippen LogP contribution in [-0.4, -0.2) is 49.6 Å². The summed E-state index contributed by atoms with van der Waals surface area (Å²) >= 11 is 6.01. The molecule has 0 aliphatic carbocycles. The van der Waals surface area contributed by atoms with E-state index in [0.717, 1.165) is 9.87 Å². The summed E-state index contributed by atoms with van der Waals surface area (Å²) in [5.74, 6) is -1.19. The molecular formula is C13H16ClNO5S. The van der Waals surface area contributed by atoms with Crippen molar-refractivity contribution < 1.29 is 23.1 Å². The average Bonchev–Trinajstić information content (AvgIpc) is 2.83. The van der Waals surface area contributed by atoms with E-state index >= 15 is 0 Å². The maximum absolute atomic E-state index is 12.7. The first kappa shape index (κ1) is 16.2. The fourth-order valence-electron chi connectivity index (χ4n) is 2.37. The Morgan fingerprint density at radius 3 is 2.67 bits per heavy atom. The second-order valence-electron chi connectivity index (χ2n) is 4.96. The third-order valence-electron chi connectivity index (χ3n) is 3.51. The topological polar surface area (TPSA) is 83.9 Å². The molecular weight excluding hydrogens is 318 g/mol.